The van der Waals surface area contributed by atoms with Crippen LogP contribution in [0.2, 0.25) is 0 Å². The maximum absolute atomic E-state index is 11.0. The molecule has 0 unspecified atom stereocenters. The van der Waals surface area contributed by atoms with E-state index in [-0.39, 0.29) is 49.6 Å². The zero-order chi connectivity index (χ0) is 48.0. The van der Waals surface area contributed by atoms with Gasteiger partial charge in [-0.2, -0.15) is 47.0 Å². The highest BCUT2D eigenvalue weighted by molar-refractivity contribution is 7.99. The summed E-state index contributed by atoms with van der Waals surface area (Å²) in [5, 5.41) is 0. The number of ether oxygens (including phenoxy) is 12. The number of hydrogen-bond acceptors (Lipinski definition) is 20. The molecular weight excluding hydrogens is 937 g/mol. The molecule has 0 amide bonds. The van der Waals surface area contributed by atoms with Crippen LogP contribution in [0.15, 0.2) is 12.1 Å². The molecule has 0 bridgehead atoms. The number of Topliss-reactive ketones (excluding diaryl/α,β-unsaturated/α-hetero) is 4. The van der Waals surface area contributed by atoms with Crippen molar-refractivity contribution in [2.75, 3.05) is 182 Å². The van der Waals surface area contributed by atoms with Crippen LogP contribution in [0.1, 0.15) is 49.9 Å². The lowest BCUT2D eigenvalue weighted by Crippen LogP contribution is -2.12. The molecule has 66 heavy (non-hydrogen) atoms. The summed E-state index contributed by atoms with van der Waals surface area (Å²) in [6.45, 7) is 16.0. The molecule has 382 valence electrons. The van der Waals surface area contributed by atoms with Gasteiger partial charge >= 0.3 is 0 Å². The van der Waals surface area contributed by atoms with Crippen molar-refractivity contribution in [2.45, 2.75) is 50.7 Å². The van der Waals surface area contributed by atoms with E-state index in [1.807, 2.05) is 47.0 Å². The molecule has 0 radical (unpaired) electrons. The first-order valence-electron chi connectivity index (χ1n) is 22.5. The molecule has 0 aromatic heterocycles. The number of rotatable bonds is 52. The summed E-state index contributed by atoms with van der Waals surface area (Å²) in [4.78, 5) is 44.0. The normalized spacial score (nSPS) is 11.5. The van der Waals surface area contributed by atoms with E-state index in [4.69, 9.17) is 56.8 Å². The van der Waals surface area contributed by atoms with Crippen LogP contribution >= 0.6 is 47.0 Å². The van der Waals surface area contributed by atoms with E-state index >= 15 is 0 Å². The van der Waals surface area contributed by atoms with Crippen molar-refractivity contribution in [3.05, 3.63) is 34.4 Å². The summed E-state index contributed by atoms with van der Waals surface area (Å²) in [6, 6.07) is 4.78. The van der Waals surface area contributed by atoms with E-state index in [2.05, 4.69) is 12.1 Å². The topological polar surface area (TPSA) is 179 Å². The first kappa shape index (κ1) is 62.8. The van der Waals surface area contributed by atoms with Gasteiger partial charge < -0.3 is 56.8 Å². The first-order valence-corrected chi connectivity index (χ1v) is 27.2. The zero-order valence-electron chi connectivity index (χ0n) is 39.9. The third-order valence-electron chi connectivity index (χ3n) is 8.24. The van der Waals surface area contributed by atoms with Crippen molar-refractivity contribution < 1.29 is 76.0 Å². The third-order valence-corrected chi connectivity index (χ3v) is 12.1. The van der Waals surface area contributed by atoms with E-state index in [9.17, 15) is 19.2 Å². The van der Waals surface area contributed by atoms with Crippen molar-refractivity contribution in [3.63, 3.8) is 0 Å². The molecule has 1 aromatic carbocycles. The molecule has 16 nitrogen and oxygen atoms in total. The molecule has 20 heteroatoms. The van der Waals surface area contributed by atoms with Gasteiger partial charge in [-0.25, -0.2) is 0 Å². The second kappa shape index (κ2) is 47.5. The lowest BCUT2D eigenvalue weighted by molar-refractivity contribution is -0.122. The van der Waals surface area contributed by atoms with Crippen molar-refractivity contribution >= 4 is 70.2 Å². The van der Waals surface area contributed by atoms with Crippen LogP contribution in [-0.2, 0) is 99.0 Å². The van der Waals surface area contributed by atoms with Crippen LogP contribution in [0.3, 0.4) is 0 Å². The smallest absolute Gasteiger partial charge is 0.155 e. The van der Waals surface area contributed by atoms with Crippen LogP contribution in [0, 0.1) is 0 Å². The maximum Gasteiger partial charge on any atom is 0.155 e. The van der Waals surface area contributed by atoms with Crippen molar-refractivity contribution in [1.82, 2.24) is 0 Å². The molecule has 0 N–H and O–H groups in total. The van der Waals surface area contributed by atoms with E-state index in [1.165, 1.54) is 49.9 Å². The largest absolute Gasteiger partial charge is 0.378 e. The van der Waals surface area contributed by atoms with E-state index in [0.717, 1.165) is 46.0 Å². The Balaban J connectivity index is 2.78. The summed E-state index contributed by atoms with van der Waals surface area (Å²) in [6.07, 6.45) is 0. The fourth-order valence-electron chi connectivity index (χ4n) is 5.15. The highest BCUT2D eigenvalue weighted by atomic mass is 32.2. The minimum atomic E-state index is -0.00402. The number of ketones is 4. The van der Waals surface area contributed by atoms with Gasteiger partial charge in [0.1, 0.15) is 26.4 Å². The van der Waals surface area contributed by atoms with Crippen LogP contribution in [-0.4, -0.2) is 205 Å². The Morgan fingerprint density at radius 1 is 0.288 bits per heavy atom. The molecule has 1 aromatic rings. The van der Waals surface area contributed by atoms with Crippen LogP contribution in [0.4, 0.5) is 0 Å². The standard InChI is InChI=1S/C46H78O16S4/c1-39(47)31-59-17-13-51-5-9-55-21-25-63-35-43-29-45(37-65-27-23-57-11-7-53-15-19-61-33-41(3)49)46(38-66-28-24-58-12-8-54-16-20-62-34-42(4)50)30-44(43)36-64-26-22-56-10-6-52-14-18-60-32-40(2)48/h29-30H,5-28,31-38H2,1-4H3. The minimum absolute atomic E-state index is 0.00402. The number of carbonyl (C=O) groups is 4. The predicted molar refractivity (Wildman–Crippen MR) is 264 cm³/mol. The third kappa shape index (κ3) is 42.9. The Kier molecular flexibility index (Phi) is 45.2. The summed E-state index contributed by atoms with van der Waals surface area (Å²) < 4.78 is 66.4. The summed E-state index contributed by atoms with van der Waals surface area (Å²) >= 11 is 7.41. The van der Waals surface area contributed by atoms with E-state index in [1.54, 1.807) is 0 Å². The molecule has 0 spiro atoms. The predicted octanol–water partition coefficient (Wildman–Crippen LogP) is 5.17. The summed E-state index contributed by atoms with van der Waals surface area (Å²) in [5.74, 6) is 6.82. The molecule has 0 aliphatic rings. The fourth-order valence-corrected chi connectivity index (χ4v) is 8.63. The Labute approximate surface area is 411 Å². The van der Waals surface area contributed by atoms with Gasteiger partial charge in [-0.1, -0.05) is 12.1 Å². The Hall–Kier alpha value is -1.18. The van der Waals surface area contributed by atoms with Crippen molar-refractivity contribution in [2.24, 2.45) is 0 Å². The van der Waals surface area contributed by atoms with Gasteiger partial charge in [-0.15, -0.1) is 0 Å². The van der Waals surface area contributed by atoms with Crippen LogP contribution in [0.5, 0.6) is 0 Å². The van der Waals surface area contributed by atoms with Crippen molar-refractivity contribution in [1.29, 1.82) is 0 Å². The quantitative estimate of drug-likeness (QED) is 0.0780. The van der Waals surface area contributed by atoms with E-state index < -0.39 is 0 Å². The van der Waals surface area contributed by atoms with Crippen molar-refractivity contribution in [3.8, 4) is 0 Å². The molecule has 0 saturated heterocycles. The number of hydrogen-bond donors (Lipinski definition) is 0. The zero-order valence-corrected chi connectivity index (χ0v) is 43.2. The van der Waals surface area contributed by atoms with E-state index in [0.29, 0.717) is 132 Å². The average Bonchev–Trinajstić information content (AvgIpc) is 3.28. The Morgan fingerprint density at radius 2 is 0.455 bits per heavy atom. The number of benzene rings is 1. The molecule has 0 fully saturated rings. The van der Waals surface area contributed by atoms with Crippen LogP contribution in [0.25, 0.3) is 0 Å². The first-order chi connectivity index (χ1) is 32.2. The highest BCUT2D eigenvalue weighted by Crippen LogP contribution is 2.30. The lowest BCUT2D eigenvalue weighted by Gasteiger charge is -2.17. The second-order valence-corrected chi connectivity index (χ2v) is 18.9. The van der Waals surface area contributed by atoms with Gasteiger partial charge in [-0.05, 0) is 49.9 Å². The summed E-state index contributed by atoms with van der Waals surface area (Å²) in [5.41, 5.74) is 5.29. The van der Waals surface area contributed by atoms with Gasteiger partial charge in [-0.3, -0.25) is 19.2 Å². The molecular formula is C46H78O16S4. The van der Waals surface area contributed by atoms with Crippen LogP contribution < -0.4 is 0 Å². The summed E-state index contributed by atoms with van der Waals surface area (Å²) in [7, 11) is 0. The highest BCUT2D eigenvalue weighted by Gasteiger charge is 2.12. The molecule has 0 saturated carbocycles. The molecule has 0 aliphatic carbocycles. The Bertz CT molecular complexity index is 1170. The molecule has 0 heterocycles. The molecule has 0 aliphatic heterocycles. The molecule has 0 atom stereocenters. The van der Waals surface area contributed by atoms with Gasteiger partial charge in [0.25, 0.3) is 0 Å². The monoisotopic (exact) mass is 1010 g/mol. The fraction of sp³-hybridized carbons (Fsp3) is 0.783. The van der Waals surface area contributed by atoms with Gasteiger partial charge in [0.2, 0.25) is 0 Å². The van der Waals surface area contributed by atoms with Gasteiger partial charge in [0.15, 0.2) is 23.1 Å². The SMILES string of the molecule is CC(=O)COCCOCCOCCSCc1cc(CSCCOCCOCCOCC(C)=O)c(CSCCOCCOCCOCC(C)=O)cc1CSCCOCCOCCOCC(C)=O. The maximum atomic E-state index is 11.0. The Morgan fingerprint density at radius 3 is 0.636 bits per heavy atom. The number of carbonyl (C=O) groups excluding carboxylic acids is 4. The average molecular weight is 1020 g/mol. The molecule has 1 rings (SSSR count). The van der Waals surface area contributed by atoms with Gasteiger partial charge in [0, 0.05) is 46.0 Å². The van der Waals surface area contributed by atoms with Gasteiger partial charge in [0.05, 0.1) is 132 Å². The second-order valence-electron chi connectivity index (χ2n) is 14.5. The minimum Gasteiger partial charge on any atom is -0.378 e. The number of thioether (sulfide) groups is 4. The lowest BCUT2D eigenvalue weighted by atomic mass is 10.0.